The highest BCUT2D eigenvalue weighted by atomic mass is 16.6. The van der Waals surface area contributed by atoms with Crippen LogP contribution in [0, 0.1) is 29.9 Å². The van der Waals surface area contributed by atoms with Crippen LogP contribution in [0.25, 0.3) is 0 Å². The van der Waals surface area contributed by atoms with Gasteiger partial charge in [0.15, 0.2) is 11.5 Å². The van der Waals surface area contributed by atoms with Crippen molar-refractivity contribution in [2.75, 3.05) is 13.2 Å². The molecule has 4 rings (SSSR count). The van der Waals surface area contributed by atoms with Crippen LogP contribution in [0.5, 0.6) is 11.5 Å². The lowest BCUT2D eigenvalue weighted by atomic mass is 9.95. The van der Waals surface area contributed by atoms with Crippen molar-refractivity contribution in [3.8, 4) is 11.5 Å². The molecule has 9 heteroatoms. The molecule has 0 radical (unpaired) electrons. The van der Waals surface area contributed by atoms with Gasteiger partial charge in [0.25, 0.3) is 5.91 Å². The molecular formula is C26H30N4O5. The average molecular weight is 479 g/mol. The van der Waals surface area contributed by atoms with E-state index in [4.69, 9.17) is 9.47 Å². The van der Waals surface area contributed by atoms with Gasteiger partial charge in [-0.05, 0) is 55.2 Å². The minimum atomic E-state index is -0.407. The molecule has 0 aliphatic carbocycles. The first kappa shape index (κ1) is 24.3. The van der Waals surface area contributed by atoms with E-state index >= 15 is 0 Å². The van der Waals surface area contributed by atoms with Crippen molar-refractivity contribution >= 4 is 11.6 Å². The summed E-state index contributed by atoms with van der Waals surface area (Å²) >= 11 is 0. The number of aryl methyl sites for hydroxylation is 1. The molecule has 1 unspecified atom stereocenters. The van der Waals surface area contributed by atoms with Crippen LogP contribution in [0.3, 0.4) is 0 Å². The molecule has 1 aliphatic heterocycles. The van der Waals surface area contributed by atoms with Crippen molar-refractivity contribution in [2.24, 2.45) is 5.92 Å². The number of carbonyl (C=O) groups is 1. The average Bonchev–Trinajstić information content (AvgIpc) is 2.97. The number of hydrogen-bond acceptors (Lipinski definition) is 6. The second kappa shape index (κ2) is 10.2. The van der Waals surface area contributed by atoms with E-state index in [0.717, 1.165) is 23.3 Å². The number of nitrogens with one attached hydrogen (secondary N) is 1. The lowest BCUT2D eigenvalue weighted by Gasteiger charge is -2.24. The van der Waals surface area contributed by atoms with Gasteiger partial charge in [0, 0.05) is 12.0 Å². The standard InChI is InChI=1S/C26H30N4O5/c1-16(2)24(21-10-11-22-23(14-21)35-13-5-12-34-22)27-26(31)20-8-6-19(7-9-20)15-29-18(4)25(30(32)33)17(3)28-29/h6-11,14,16,24H,5,12-13,15H2,1-4H3,(H,27,31). The Bertz CT molecular complexity index is 1230. The minimum absolute atomic E-state index is 0.0375. The monoisotopic (exact) mass is 478 g/mol. The van der Waals surface area contributed by atoms with Crippen LogP contribution in [0.15, 0.2) is 42.5 Å². The van der Waals surface area contributed by atoms with E-state index in [9.17, 15) is 14.9 Å². The molecule has 1 aliphatic rings. The number of fused-ring (bicyclic) bond motifs is 1. The molecule has 184 valence electrons. The summed E-state index contributed by atoms with van der Waals surface area (Å²) in [5.41, 5.74) is 3.32. The molecule has 0 saturated carbocycles. The maximum atomic E-state index is 13.1. The molecule has 1 atom stereocenters. The fourth-order valence-corrected chi connectivity index (χ4v) is 4.27. The topological polar surface area (TPSA) is 109 Å². The first-order valence-electron chi connectivity index (χ1n) is 11.7. The highest BCUT2D eigenvalue weighted by molar-refractivity contribution is 5.94. The molecule has 2 heterocycles. The van der Waals surface area contributed by atoms with E-state index in [1.165, 1.54) is 0 Å². The van der Waals surface area contributed by atoms with Gasteiger partial charge in [-0.3, -0.25) is 19.6 Å². The largest absolute Gasteiger partial charge is 0.490 e. The van der Waals surface area contributed by atoms with E-state index in [2.05, 4.69) is 24.3 Å². The molecule has 0 spiro atoms. The number of carbonyl (C=O) groups excluding carboxylic acids is 1. The predicted molar refractivity (Wildman–Crippen MR) is 131 cm³/mol. The molecule has 1 N–H and O–H groups in total. The lowest BCUT2D eigenvalue weighted by molar-refractivity contribution is -0.386. The van der Waals surface area contributed by atoms with Crippen LogP contribution >= 0.6 is 0 Å². The van der Waals surface area contributed by atoms with Gasteiger partial charge in [0.1, 0.15) is 11.4 Å². The zero-order chi connectivity index (χ0) is 25.1. The third kappa shape index (κ3) is 5.29. The fourth-order valence-electron chi connectivity index (χ4n) is 4.27. The van der Waals surface area contributed by atoms with Crippen molar-refractivity contribution in [3.05, 3.63) is 80.7 Å². The van der Waals surface area contributed by atoms with Crippen molar-refractivity contribution < 1.29 is 19.2 Å². The smallest absolute Gasteiger partial charge is 0.312 e. The van der Waals surface area contributed by atoms with E-state index < -0.39 is 4.92 Å². The number of nitro groups is 1. The van der Waals surface area contributed by atoms with Gasteiger partial charge in [-0.15, -0.1) is 0 Å². The molecule has 2 aromatic carbocycles. The normalized spacial score (nSPS) is 13.9. The van der Waals surface area contributed by atoms with E-state index in [0.29, 0.717) is 42.5 Å². The molecule has 35 heavy (non-hydrogen) atoms. The van der Waals surface area contributed by atoms with Crippen LogP contribution in [0.2, 0.25) is 0 Å². The second-order valence-corrected chi connectivity index (χ2v) is 9.08. The van der Waals surface area contributed by atoms with Crippen molar-refractivity contribution in [2.45, 2.75) is 46.7 Å². The first-order valence-corrected chi connectivity index (χ1v) is 11.7. The maximum absolute atomic E-state index is 13.1. The Morgan fingerprint density at radius 3 is 2.43 bits per heavy atom. The SMILES string of the molecule is Cc1nn(Cc2ccc(C(=O)NC(c3ccc4c(c3)OCCCO4)C(C)C)cc2)c(C)c1[N+](=O)[O-]. The number of aromatic nitrogens is 2. The van der Waals surface area contributed by atoms with Crippen LogP contribution < -0.4 is 14.8 Å². The van der Waals surface area contributed by atoms with Crippen LogP contribution in [0.4, 0.5) is 5.69 Å². The highest BCUT2D eigenvalue weighted by Gasteiger charge is 2.23. The van der Waals surface area contributed by atoms with Gasteiger partial charge in [-0.1, -0.05) is 32.0 Å². The van der Waals surface area contributed by atoms with Gasteiger partial charge < -0.3 is 14.8 Å². The van der Waals surface area contributed by atoms with Gasteiger partial charge in [0.2, 0.25) is 0 Å². The quantitative estimate of drug-likeness (QED) is 0.388. The third-order valence-electron chi connectivity index (χ3n) is 6.16. The third-order valence-corrected chi connectivity index (χ3v) is 6.16. The Morgan fingerprint density at radius 1 is 1.11 bits per heavy atom. The summed E-state index contributed by atoms with van der Waals surface area (Å²) in [5.74, 6) is 1.41. The predicted octanol–water partition coefficient (Wildman–Crippen LogP) is 4.74. The van der Waals surface area contributed by atoms with E-state index in [-0.39, 0.29) is 23.6 Å². The van der Waals surface area contributed by atoms with Gasteiger partial charge >= 0.3 is 5.69 Å². The number of nitrogens with zero attached hydrogens (tertiary/aromatic N) is 3. The Labute approximate surface area is 204 Å². The van der Waals surface area contributed by atoms with Crippen LogP contribution in [-0.4, -0.2) is 33.8 Å². The van der Waals surface area contributed by atoms with Gasteiger partial charge in [-0.2, -0.15) is 5.10 Å². The first-order chi connectivity index (χ1) is 16.7. The number of ether oxygens (including phenoxy) is 2. The van der Waals surface area contributed by atoms with Gasteiger partial charge in [0.05, 0.1) is 30.7 Å². The van der Waals surface area contributed by atoms with Crippen molar-refractivity contribution in [1.82, 2.24) is 15.1 Å². The highest BCUT2D eigenvalue weighted by Crippen LogP contribution is 2.34. The molecule has 1 aromatic heterocycles. The minimum Gasteiger partial charge on any atom is -0.490 e. The van der Waals surface area contributed by atoms with Crippen LogP contribution in [0.1, 0.15) is 59.2 Å². The second-order valence-electron chi connectivity index (χ2n) is 9.08. The summed E-state index contributed by atoms with van der Waals surface area (Å²) in [6.45, 7) is 9.05. The summed E-state index contributed by atoms with van der Waals surface area (Å²) < 4.78 is 13.2. The van der Waals surface area contributed by atoms with E-state index in [1.54, 1.807) is 30.7 Å². The van der Waals surface area contributed by atoms with Crippen molar-refractivity contribution in [1.29, 1.82) is 0 Å². The summed E-state index contributed by atoms with van der Waals surface area (Å²) in [6.07, 6.45) is 0.834. The molecule has 3 aromatic rings. The number of amides is 1. The summed E-state index contributed by atoms with van der Waals surface area (Å²) in [4.78, 5) is 23.9. The summed E-state index contributed by atoms with van der Waals surface area (Å²) in [7, 11) is 0. The molecular weight excluding hydrogens is 448 g/mol. The fraction of sp³-hybridized carbons (Fsp3) is 0.385. The Morgan fingerprint density at radius 2 is 1.80 bits per heavy atom. The zero-order valence-electron chi connectivity index (χ0n) is 20.4. The number of benzene rings is 2. The lowest BCUT2D eigenvalue weighted by Crippen LogP contribution is -2.31. The number of hydrogen-bond donors (Lipinski definition) is 1. The molecule has 9 nitrogen and oxygen atoms in total. The van der Waals surface area contributed by atoms with Gasteiger partial charge in [-0.25, -0.2) is 0 Å². The molecule has 1 amide bonds. The van der Waals surface area contributed by atoms with E-state index in [1.807, 2.05) is 30.3 Å². The van der Waals surface area contributed by atoms with Crippen LogP contribution in [-0.2, 0) is 6.54 Å². The molecule has 0 bridgehead atoms. The Balaban J connectivity index is 1.48. The summed E-state index contributed by atoms with van der Waals surface area (Å²) in [5, 5.41) is 18.7. The maximum Gasteiger partial charge on any atom is 0.312 e. The summed E-state index contributed by atoms with van der Waals surface area (Å²) in [6, 6.07) is 12.8. The molecule has 0 saturated heterocycles. The zero-order valence-corrected chi connectivity index (χ0v) is 20.4. The van der Waals surface area contributed by atoms with Crippen molar-refractivity contribution in [3.63, 3.8) is 0 Å². The Kier molecular flexibility index (Phi) is 7.04. The molecule has 0 fully saturated rings. The Hall–Kier alpha value is -3.88. The number of rotatable bonds is 7.